The first-order valence-electron chi connectivity index (χ1n) is 5.53. The molecule has 0 bridgehead atoms. The second kappa shape index (κ2) is 6.84. The molecule has 0 saturated heterocycles. The van der Waals surface area contributed by atoms with E-state index in [1.807, 2.05) is 24.3 Å². The number of unbranched alkanes of at least 4 members (excludes halogenated alkanes) is 3. The maximum atomic E-state index is 8.63. The zero-order valence-corrected chi connectivity index (χ0v) is 9.24. The Bertz CT molecular complexity index is 341. The topological polar surface area (TPSA) is 23.8 Å². The Hall–Kier alpha value is -1.55. The molecule has 0 fully saturated rings. The first-order chi connectivity index (χ1) is 7.36. The van der Waals surface area contributed by atoms with Crippen molar-refractivity contribution in [3.05, 3.63) is 41.5 Å². The van der Waals surface area contributed by atoms with Crippen LogP contribution in [0.25, 0.3) is 6.08 Å². The number of nitriles is 1. The molecule has 1 heteroatoms. The van der Waals surface area contributed by atoms with Crippen LogP contribution in [0.1, 0.15) is 43.7 Å². The summed E-state index contributed by atoms with van der Waals surface area (Å²) in [6.07, 6.45) is 9.31. The van der Waals surface area contributed by atoms with Crippen LogP contribution in [0.2, 0.25) is 0 Å². The molecule has 0 atom stereocenters. The Kier molecular flexibility index (Phi) is 5.25. The smallest absolute Gasteiger partial charge is 0.0991 e. The molecule has 0 unspecified atom stereocenters. The van der Waals surface area contributed by atoms with Crippen LogP contribution in [-0.4, -0.2) is 0 Å². The molecular formula is C14H17N. The van der Waals surface area contributed by atoms with Crippen LogP contribution in [0.5, 0.6) is 0 Å². The number of hydrogen-bond acceptors (Lipinski definition) is 1. The van der Waals surface area contributed by atoms with Gasteiger partial charge in [0.05, 0.1) is 11.6 Å². The zero-order chi connectivity index (χ0) is 10.9. The molecule has 1 nitrogen and oxygen atoms in total. The van der Waals surface area contributed by atoms with Crippen molar-refractivity contribution in [2.24, 2.45) is 0 Å². The fourth-order valence-electron chi connectivity index (χ4n) is 1.40. The normalized spacial score (nSPS) is 10.4. The molecular weight excluding hydrogens is 182 g/mol. The monoisotopic (exact) mass is 199 g/mol. The van der Waals surface area contributed by atoms with Crippen molar-refractivity contribution in [3.8, 4) is 6.07 Å². The Labute approximate surface area is 92.1 Å². The van der Waals surface area contributed by atoms with E-state index in [-0.39, 0.29) is 0 Å². The summed E-state index contributed by atoms with van der Waals surface area (Å²) in [7, 11) is 0. The van der Waals surface area contributed by atoms with E-state index in [1.165, 1.54) is 24.8 Å². The average Bonchev–Trinajstić information content (AvgIpc) is 2.30. The molecule has 78 valence electrons. The summed E-state index contributed by atoms with van der Waals surface area (Å²) in [5.74, 6) is 0. The van der Waals surface area contributed by atoms with Gasteiger partial charge in [-0.3, -0.25) is 0 Å². The Morgan fingerprint density at radius 2 is 1.93 bits per heavy atom. The Morgan fingerprint density at radius 3 is 2.53 bits per heavy atom. The molecule has 0 aromatic heterocycles. The third-order valence-electron chi connectivity index (χ3n) is 2.32. The standard InChI is InChI=1S/C14H17N/c1-2-3-4-5-6-7-13-8-10-14(12-15)11-9-13/h6-11H,2-5H2,1H3. The first kappa shape index (κ1) is 11.5. The van der Waals surface area contributed by atoms with Crippen LogP contribution < -0.4 is 0 Å². The van der Waals surface area contributed by atoms with Crippen LogP contribution in [0, 0.1) is 11.3 Å². The van der Waals surface area contributed by atoms with E-state index in [0.29, 0.717) is 0 Å². The second-order valence-corrected chi connectivity index (χ2v) is 3.63. The molecule has 0 spiro atoms. The third kappa shape index (κ3) is 4.46. The first-order valence-corrected chi connectivity index (χ1v) is 5.53. The van der Waals surface area contributed by atoms with E-state index in [0.717, 1.165) is 12.0 Å². The minimum Gasteiger partial charge on any atom is -0.192 e. The molecule has 1 rings (SSSR count). The minimum atomic E-state index is 0.720. The highest BCUT2D eigenvalue weighted by Crippen LogP contribution is 2.07. The molecule has 0 aliphatic heterocycles. The lowest BCUT2D eigenvalue weighted by molar-refractivity contribution is 0.730. The Balaban J connectivity index is 2.40. The summed E-state index contributed by atoms with van der Waals surface area (Å²) in [6.45, 7) is 2.21. The van der Waals surface area contributed by atoms with Crippen LogP contribution in [0.3, 0.4) is 0 Å². The van der Waals surface area contributed by atoms with Gasteiger partial charge in [-0.1, -0.05) is 44.1 Å². The molecule has 0 saturated carbocycles. The van der Waals surface area contributed by atoms with Gasteiger partial charge in [0.15, 0.2) is 0 Å². The maximum Gasteiger partial charge on any atom is 0.0991 e. The van der Waals surface area contributed by atoms with Gasteiger partial charge in [-0.25, -0.2) is 0 Å². The molecule has 0 heterocycles. The number of hydrogen-bond donors (Lipinski definition) is 0. The summed E-state index contributed by atoms with van der Waals surface area (Å²) in [6, 6.07) is 9.78. The highest BCUT2D eigenvalue weighted by atomic mass is 14.2. The molecule has 0 aliphatic carbocycles. The van der Waals surface area contributed by atoms with E-state index in [4.69, 9.17) is 5.26 Å². The molecule has 1 aromatic carbocycles. The van der Waals surface area contributed by atoms with E-state index in [9.17, 15) is 0 Å². The zero-order valence-electron chi connectivity index (χ0n) is 9.24. The van der Waals surface area contributed by atoms with Gasteiger partial charge in [-0.05, 0) is 30.5 Å². The summed E-state index contributed by atoms with van der Waals surface area (Å²) < 4.78 is 0. The van der Waals surface area contributed by atoms with Crippen LogP contribution in [0.4, 0.5) is 0 Å². The average molecular weight is 199 g/mol. The highest BCUT2D eigenvalue weighted by molar-refractivity contribution is 5.50. The predicted molar refractivity (Wildman–Crippen MR) is 64.3 cm³/mol. The quantitative estimate of drug-likeness (QED) is 0.653. The van der Waals surface area contributed by atoms with E-state index in [1.54, 1.807) is 0 Å². The predicted octanol–water partition coefficient (Wildman–Crippen LogP) is 4.15. The van der Waals surface area contributed by atoms with Crippen molar-refractivity contribution < 1.29 is 0 Å². The molecule has 0 N–H and O–H groups in total. The Morgan fingerprint density at radius 1 is 1.20 bits per heavy atom. The number of benzene rings is 1. The SMILES string of the molecule is CCCCCC=Cc1ccc(C#N)cc1. The van der Waals surface area contributed by atoms with Gasteiger partial charge in [-0.15, -0.1) is 0 Å². The van der Waals surface area contributed by atoms with Crippen molar-refractivity contribution in [2.45, 2.75) is 32.6 Å². The highest BCUT2D eigenvalue weighted by Gasteiger charge is 1.89. The van der Waals surface area contributed by atoms with E-state index >= 15 is 0 Å². The molecule has 0 amide bonds. The molecule has 0 aliphatic rings. The van der Waals surface area contributed by atoms with Gasteiger partial charge in [0.2, 0.25) is 0 Å². The van der Waals surface area contributed by atoms with Gasteiger partial charge < -0.3 is 0 Å². The second-order valence-electron chi connectivity index (χ2n) is 3.63. The number of nitrogens with zero attached hydrogens (tertiary/aromatic N) is 1. The summed E-state index contributed by atoms with van der Waals surface area (Å²) in [5.41, 5.74) is 1.89. The number of rotatable bonds is 5. The number of allylic oxidation sites excluding steroid dienone is 1. The van der Waals surface area contributed by atoms with Gasteiger partial charge >= 0.3 is 0 Å². The van der Waals surface area contributed by atoms with Gasteiger partial charge in [0, 0.05) is 0 Å². The van der Waals surface area contributed by atoms with Crippen LogP contribution in [-0.2, 0) is 0 Å². The molecule has 0 radical (unpaired) electrons. The summed E-state index contributed by atoms with van der Waals surface area (Å²) in [5, 5.41) is 8.63. The minimum absolute atomic E-state index is 0.720. The van der Waals surface area contributed by atoms with E-state index < -0.39 is 0 Å². The maximum absolute atomic E-state index is 8.63. The third-order valence-corrected chi connectivity index (χ3v) is 2.32. The van der Waals surface area contributed by atoms with Crippen molar-refractivity contribution in [1.82, 2.24) is 0 Å². The summed E-state index contributed by atoms with van der Waals surface area (Å²) >= 11 is 0. The van der Waals surface area contributed by atoms with Crippen molar-refractivity contribution >= 4 is 6.08 Å². The lowest BCUT2D eigenvalue weighted by Crippen LogP contribution is -1.75. The van der Waals surface area contributed by atoms with Crippen LogP contribution in [0.15, 0.2) is 30.3 Å². The van der Waals surface area contributed by atoms with Gasteiger partial charge in [-0.2, -0.15) is 5.26 Å². The van der Waals surface area contributed by atoms with Crippen molar-refractivity contribution in [2.75, 3.05) is 0 Å². The van der Waals surface area contributed by atoms with Gasteiger partial charge in [0.25, 0.3) is 0 Å². The molecule has 1 aromatic rings. The largest absolute Gasteiger partial charge is 0.192 e. The summed E-state index contributed by atoms with van der Waals surface area (Å²) in [4.78, 5) is 0. The van der Waals surface area contributed by atoms with Crippen molar-refractivity contribution in [1.29, 1.82) is 5.26 Å². The lowest BCUT2D eigenvalue weighted by Gasteiger charge is -1.94. The fourth-order valence-corrected chi connectivity index (χ4v) is 1.40. The van der Waals surface area contributed by atoms with Gasteiger partial charge in [0.1, 0.15) is 0 Å². The molecule has 15 heavy (non-hydrogen) atoms. The lowest BCUT2D eigenvalue weighted by atomic mass is 10.1. The van der Waals surface area contributed by atoms with Crippen LogP contribution >= 0.6 is 0 Å². The van der Waals surface area contributed by atoms with Crippen molar-refractivity contribution in [3.63, 3.8) is 0 Å². The fraction of sp³-hybridized carbons (Fsp3) is 0.357. The van der Waals surface area contributed by atoms with E-state index in [2.05, 4.69) is 25.1 Å².